The number of hydrogen-bond acceptors (Lipinski definition) is 1. The highest BCUT2D eigenvalue weighted by molar-refractivity contribution is 5.53. The van der Waals surface area contributed by atoms with E-state index in [1.807, 2.05) is 6.08 Å². The molecule has 0 aromatic rings. The minimum atomic E-state index is 0.221. The summed E-state index contributed by atoms with van der Waals surface area (Å²) in [7, 11) is 0. The van der Waals surface area contributed by atoms with E-state index in [1.54, 1.807) is 0 Å². The Bertz CT molecular complexity index is 107. The molecule has 0 aliphatic carbocycles. The molecule has 0 radical (unpaired) electrons. The fourth-order valence-corrected chi connectivity index (χ4v) is 1.11. The van der Waals surface area contributed by atoms with Gasteiger partial charge in [-0.2, -0.15) is 0 Å². The predicted octanol–water partition coefficient (Wildman–Crippen LogP) is 2.96. The normalized spacial score (nSPS) is 12.5. The number of allylic oxidation sites excluding steroid dienone is 1. The molecule has 1 heteroatoms. The number of unbranched alkanes of at least 4 members (excludes halogenated alkanes) is 2. The van der Waals surface area contributed by atoms with Gasteiger partial charge in [-0.05, 0) is 12.8 Å². The second-order valence-electron chi connectivity index (χ2n) is 2.92. The van der Waals surface area contributed by atoms with Gasteiger partial charge in [0.15, 0.2) is 0 Å². The van der Waals surface area contributed by atoms with Gasteiger partial charge in [-0.25, -0.2) is 0 Å². The predicted molar refractivity (Wildman–Crippen MR) is 48.5 cm³/mol. The first kappa shape index (κ1) is 10.4. The van der Waals surface area contributed by atoms with Gasteiger partial charge in [0.25, 0.3) is 0 Å². The SMILES string of the molecule is C=CCC(C=O)CCCCC. The van der Waals surface area contributed by atoms with E-state index in [0.717, 1.165) is 19.1 Å². The van der Waals surface area contributed by atoms with Crippen LogP contribution in [0, 0.1) is 5.92 Å². The van der Waals surface area contributed by atoms with Crippen LogP contribution in [0.25, 0.3) is 0 Å². The lowest BCUT2D eigenvalue weighted by Crippen LogP contribution is -1.99. The van der Waals surface area contributed by atoms with E-state index >= 15 is 0 Å². The maximum absolute atomic E-state index is 10.4. The van der Waals surface area contributed by atoms with Crippen molar-refractivity contribution >= 4 is 6.29 Å². The molecule has 0 aromatic carbocycles. The number of aldehydes is 1. The van der Waals surface area contributed by atoms with Crippen LogP contribution in [0.4, 0.5) is 0 Å². The molecule has 0 aliphatic heterocycles. The largest absolute Gasteiger partial charge is 0.303 e. The van der Waals surface area contributed by atoms with Gasteiger partial charge in [-0.1, -0.05) is 32.3 Å². The molecule has 0 bridgehead atoms. The van der Waals surface area contributed by atoms with Crippen LogP contribution in [0.2, 0.25) is 0 Å². The van der Waals surface area contributed by atoms with Crippen molar-refractivity contribution < 1.29 is 4.79 Å². The molecular weight excluding hydrogens is 136 g/mol. The first-order chi connectivity index (χ1) is 5.35. The van der Waals surface area contributed by atoms with Crippen molar-refractivity contribution in [1.29, 1.82) is 0 Å². The molecule has 0 N–H and O–H groups in total. The average Bonchev–Trinajstić information content (AvgIpc) is 2.03. The Labute approximate surface area is 69.5 Å². The maximum Gasteiger partial charge on any atom is 0.123 e. The van der Waals surface area contributed by atoms with E-state index in [-0.39, 0.29) is 5.92 Å². The smallest absolute Gasteiger partial charge is 0.123 e. The van der Waals surface area contributed by atoms with E-state index in [4.69, 9.17) is 0 Å². The third-order valence-corrected chi connectivity index (χ3v) is 1.84. The van der Waals surface area contributed by atoms with Crippen LogP contribution < -0.4 is 0 Å². The lowest BCUT2D eigenvalue weighted by molar-refractivity contribution is -0.111. The molecule has 0 rings (SSSR count). The fraction of sp³-hybridized carbons (Fsp3) is 0.700. The lowest BCUT2D eigenvalue weighted by Gasteiger charge is -2.05. The van der Waals surface area contributed by atoms with Gasteiger partial charge in [0.2, 0.25) is 0 Å². The lowest BCUT2D eigenvalue weighted by atomic mass is 10.00. The van der Waals surface area contributed by atoms with Gasteiger partial charge in [0, 0.05) is 5.92 Å². The van der Waals surface area contributed by atoms with Crippen LogP contribution in [-0.4, -0.2) is 6.29 Å². The topological polar surface area (TPSA) is 17.1 Å². The van der Waals surface area contributed by atoms with Crippen LogP contribution in [0.3, 0.4) is 0 Å². The van der Waals surface area contributed by atoms with Crippen molar-refractivity contribution in [2.75, 3.05) is 0 Å². The first-order valence-electron chi connectivity index (χ1n) is 4.41. The van der Waals surface area contributed by atoms with Crippen molar-refractivity contribution in [3.63, 3.8) is 0 Å². The number of carbonyl (C=O) groups is 1. The van der Waals surface area contributed by atoms with Gasteiger partial charge in [-0.15, -0.1) is 6.58 Å². The summed E-state index contributed by atoms with van der Waals surface area (Å²) < 4.78 is 0. The molecule has 0 amide bonds. The molecule has 1 atom stereocenters. The Balaban J connectivity index is 3.35. The third kappa shape index (κ3) is 5.84. The summed E-state index contributed by atoms with van der Waals surface area (Å²) in [6.45, 7) is 5.79. The molecule has 1 nitrogen and oxygen atoms in total. The molecule has 0 saturated heterocycles. The maximum atomic E-state index is 10.4. The van der Waals surface area contributed by atoms with Crippen LogP contribution in [0.1, 0.15) is 39.0 Å². The zero-order valence-electron chi connectivity index (χ0n) is 7.38. The number of rotatable bonds is 7. The van der Waals surface area contributed by atoms with Gasteiger partial charge in [0.05, 0.1) is 0 Å². The summed E-state index contributed by atoms with van der Waals surface area (Å²) in [4.78, 5) is 10.4. The molecule has 1 unspecified atom stereocenters. The molecule has 0 heterocycles. The van der Waals surface area contributed by atoms with Crippen LogP contribution in [-0.2, 0) is 4.79 Å². The monoisotopic (exact) mass is 154 g/mol. The number of carbonyl (C=O) groups excluding carboxylic acids is 1. The van der Waals surface area contributed by atoms with Gasteiger partial charge >= 0.3 is 0 Å². The van der Waals surface area contributed by atoms with Crippen molar-refractivity contribution in [1.82, 2.24) is 0 Å². The minimum Gasteiger partial charge on any atom is -0.303 e. The fourth-order valence-electron chi connectivity index (χ4n) is 1.11. The molecule has 0 aromatic heterocycles. The summed E-state index contributed by atoms with van der Waals surface area (Å²) in [6.07, 6.45) is 8.38. The Morgan fingerprint density at radius 3 is 2.64 bits per heavy atom. The van der Waals surface area contributed by atoms with Crippen molar-refractivity contribution in [2.24, 2.45) is 5.92 Å². The average molecular weight is 154 g/mol. The summed E-state index contributed by atoms with van der Waals surface area (Å²) in [5.41, 5.74) is 0. The Kier molecular flexibility index (Phi) is 7.11. The highest BCUT2D eigenvalue weighted by atomic mass is 16.1. The van der Waals surface area contributed by atoms with E-state index in [1.165, 1.54) is 19.3 Å². The number of hydrogen-bond donors (Lipinski definition) is 0. The Hall–Kier alpha value is -0.590. The highest BCUT2D eigenvalue weighted by Gasteiger charge is 2.02. The van der Waals surface area contributed by atoms with Crippen molar-refractivity contribution in [3.8, 4) is 0 Å². The van der Waals surface area contributed by atoms with Gasteiger partial charge < -0.3 is 4.79 Å². The van der Waals surface area contributed by atoms with Crippen LogP contribution in [0.5, 0.6) is 0 Å². The molecular formula is C10H18O. The zero-order valence-corrected chi connectivity index (χ0v) is 7.38. The van der Waals surface area contributed by atoms with Crippen molar-refractivity contribution in [3.05, 3.63) is 12.7 Å². The molecule has 11 heavy (non-hydrogen) atoms. The second-order valence-corrected chi connectivity index (χ2v) is 2.92. The quantitative estimate of drug-likeness (QED) is 0.313. The Morgan fingerprint density at radius 2 is 2.18 bits per heavy atom. The van der Waals surface area contributed by atoms with Gasteiger partial charge in [0.1, 0.15) is 6.29 Å². The molecule has 0 aliphatic rings. The first-order valence-corrected chi connectivity index (χ1v) is 4.41. The molecule has 0 saturated carbocycles. The van der Waals surface area contributed by atoms with Crippen LogP contribution >= 0.6 is 0 Å². The third-order valence-electron chi connectivity index (χ3n) is 1.84. The molecule has 0 spiro atoms. The summed E-state index contributed by atoms with van der Waals surface area (Å²) >= 11 is 0. The minimum absolute atomic E-state index is 0.221. The van der Waals surface area contributed by atoms with Gasteiger partial charge in [-0.3, -0.25) is 0 Å². The van der Waals surface area contributed by atoms with Crippen molar-refractivity contribution in [2.45, 2.75) is 39.0 Å². The van der Waals surface area contributed by atoms with E-state index < -0.39 is 0 Å². The van der Waals surface area contributed by atoms with Crippen LogP contribution in [0.15, 0.2) is 12.7 Å². The summed E-state index contributed by atoms with van der Waals surface area (Å²) in [5.74, 6) is 0.221. The summed E-state index contributed by atoms with van der Waals surface area (Å²) in [6, 6.07) is 0. The second kappa shape index (κ2) is 7.52. The highest BCUT2D eigenvalue weighted by Crippen LogP contribution is 2.11. The summed E-state index contributed by atoms with van der Waals surface area (Å²) in [5, 5.41) is 0. The van der Waals surface area contributed by atoms with E-state index in [0.29, 0.717) is 0 Å². The molecule has 0 fully saturated rings. The standard InChI is InChI=1S/C10H18O/c1-3-5-6-8-10(9-11)7-4-2/h4,9-10H,2-3,5-8H2,1H3. The molecule has 64 valence electrons. The Morgan fingerprint density at radius 1 is 1.45 bits per heavy atom. The zero-order chi connectivity index (χ0) is 8.53. The van der Waals surface area contributed by atoms with E-state index in [9.17, 15) is 4.79 Å². The van der Waals surface area contributed by atoms with E-state index in [2.05, 4.69) is 13.5 Å².